The van der Waals surface area contributed by atoms with E-state index in [1.54, 1.807) is 11.1 Å². The zero-order valence-electron chi connectivity index (χ0n) is 14.4. The standard InChI is InChI=1S/C22H28/c1-15-5-7-19(8-6-15)20-9-11-21(12-10-20)22-13-16(2)18(4)17(3)14-22/h5-8,13-14,20-21H,9-12H2,1-4H3. The second-order valence-corrected chi connectivity index (χ2v) is 7.24. The van der Waals surface area contributed by atoms with Crippen molar-refractivity contribution >= 4 is 0 Å². The number of benzene rings is 2. The van der Waals surface area contributed by atoms with Gasteiger partial charge >= 0.3 is 0 Å². The van der Waals surface area contributed by atoms with Gasteiger partial charge in [0.15, 0.2) is 0 Å². The molecule has 0 unspecified atom stereocenters. The molecule has 0 radical (unpaired) electrons. The lowest BCUT2D eigenvalue weighted by molar-refractivity contribution is 0.396. The number of hydrogen-bond donors (Lipinski definition) is 0. The first kappa shape index (κ1) is 15.3. The average molecular weight is 292 g/mol. The van der Waals surface area contributed by atoms with Crippen molar-refractivity contribution in [3.63, 3.8) is 0 Å². The topological polar surface area (TPSA) is 0 Å². The van der Waals surface area contributed by atoms with Crippen molar-refractivity contribution in [3.05, 3.63) is 69.8 Å². The molecule has 0 nitrogen and oxygen atoms in total. The molecule has 2 aromatic rings. The van der Waals surface area contributed by atoms with E-state index < -0.39 is 0 Å². The number of rotatable bonds is 2. The predicted octanol–water partition coefficient (Wildman–Crippen LogP) is 6.36. The minimum atomic E-state index is 0.764. The third-order valence-corrected chi connectivity index (χ3v) is 5.70. The van der Waals surface area contributed by atoms with Crippen LogP contribution in [0.3, 0.4) is 0 Å². The van der Waals surface area contributed by atoms with Gasteiger partial charge in [-0.3, -0.25) is 0 Å². The molecule has 1 aliphatic carbocycles. The molecule has 0 saturated heterocycles. The van der Waals surface area contributed by atoms with Crippen molar-refractivity contribution in [3.8, 4) is 0 Å². The van der Waals surface area contributed by atoms with Gasteiger partial charge in [0.05, 0.1) is 0 Å². The molecule has 1 aliphatic rings. The average Bonchev–Trinajstić information content (AvgIpc) is 2.53. The van der Waals surface area contributed by atoms with Crippen LogP contribution in [-0.2, 0) is 0 Å². The molecule has 0 amide bonds. The lowest BCUT2D eigenvalue weighted by Gasteiger charge is -2.30. The maximum Gasteiger partial charge on any atom is -0.0161 e. The summed E-state index contributed by atoms with van der Waals surface area (Å²) in [5.74, 6) is 1.53. The fraction of sp³-hybridized carbons (Fsp3) is 0.455. The van der Waals surface area contributed by atoms with E-state index in [4.69, 9.17) is 0 Å². The normalized spacial score (nSPS) is 21.8. The Morgan fingerprint density at radius 3 is 1.59 bits per heavy atom. The highest BCUT2D eigenvalue weighted by Gasteiger charge is 2.23. The Morgan fingerprint density at radius 1 is 0.636 bits per heavy atom. The van der Waals surface area contributed by atoms with E-state index in [0.29, 0.717) is 0 Å². The SMILES string of the molecule is Cc1ccc(C2CCC(c3cc(C)c(C)c(C)c3)CC2)cc1. The summed E-state index contributed by atoms with van der Waals surface area (Å²) in [5.41, 5.74) is 8.84. The zero-order valence-corrected chi connectivity index (χ0v) is 14.4. The van der Waals surface area contributed by atoms with Gasteiger partial charge in [-0.25, -0.2) is 0 Å². The van der Waals surface area contributed by atoms with Crippen LogP contribution in [0.1, 0.15) is 70.9 Å². The first-order valence-corrected chi connectivity index (χ1v) is 8.69. The summed E-state index contributed by atoms with van der Waals surface area (Å²) in [6.07, 6.45) is 5.33. The summed E-state index contributed by atoms with van der Waals surface area (Å²) in [5, 5.41) is 0. The molecule has 0 N–H and O–H groups in total. The number of aryl methyl sites for hydroxylation is 3. The van der Waals surface area contributed by atoms with E-state index in [1.807, 2.05) is 0 Å². The third kappa shape index (κ3) is 3.11. The van der Waals surface area contributed by atoms with Crippen molar-refractivity contribution in [1.29, 1.82) is 0 Å². The molecule has 0 aromatic heterocycles. The van der Waals surface area contributed by atoms with Gasteiger partial charge < -0.3 is 0 Å². The van der Waals surface area contributed by atoms with E-state index in [1.165, 1.54) is 47.9 Å². The van der Waals surface area contributed by atoms with E-state index in [-0.39, 0.29) is 0 Å². The van der Waals surface area contributed by atoms with Gasteiger partial charge in [-0.1, -0.05) is 42.0 Å². The molecule has 0 aliphatic heterocycles. The molecule has 3 rings (SSSR count). The van der Waals surface area contributed by atoms with Crippen molar-refractivity contribution < 1.29 is 0 Å². The molecule has 0 spiro atoms. The van der Waals surface area contributed by atoms with Crippen LogP contribution in [0.2, 0.25) is 0 Å². The highest BCUT2D eigenvalue weighted by molar-refractivity contribution is 5.38. The van der Waals surface area contributed by atoms with E-state index in [0.717, 1.165) is 11.8 Å². The summed E-state index contributed by atoms with van der Waals surface area (Å²) < 4.78 is 0. The highest BCUT2D eigenvalue weighted by atomic mass is 14.3. The smallest absolute Gasteiger partial charge is 0.0161 e. The van der Waals surface area contributed by atoms with Crippen LogP contribution in [0.25, 0.3) is 0 Å². The Labute approximate surface area is 135 Å². The van der Waals surface area contributed by atoms with Crippen LogP contribution in [0.4, 0.5) is 0 Å². The lowest BCUT2D eigenvalue weighted by atomic mass is 9.75. The molecule has 0 heterocycles. The van der Waals surface area contributed by atoms with Crippen LogP contribution < -0.4 is 0 Å². The molecule has 2 aromatic carbocycles. The molecule has 1 fully saturated rings. The molecular formula is C22H28. The van der Waals surface area contributed by atoms with Crippen LogP contribution in [-0.4, -0.2) is 0 Å². The predicted molar refractivity (Wildman–Crippen MR) is 95.8 cm³/mol. The molecule has 0 bridgehead atoms. The third-order valence-electron chi connectivity index (χ3n) is 5.70. The maximum absolute atomic E-state index is 2.43. The summed E-state index contributed by atoms with van der Waals surface area (Å²) in [4.78, 5) is 0. The Balaban J connectivity index is 1.70. The van der Waals surface area contributed by atoms with E-state index in [9.17, 15) is 0 Å². The Bertz CT molecular complexity index is 617. The molecule has 116 valence electrons. The van der Waals surface area contributed by atoms with Crippen LogP contribution in [0, 0.1) is 27.7 Å². The van der Waals surface area contributed by atoms with Gasteiger partial charge in [-0.05, 0) is 93.0 Å². The minimum absolute atomic E-state index is 0.764. The molecule has 1 saturated carbocycles. The fourth-order valence-electron chi connectivity index (χ4n) is 3.90. The van der Waals surface area contributed by atoms with Gasteiger partial charge in [0, 0.05) is 0 Å². The van der Waals surface area contributed by atoms with Gasteiger partial charge in [-0.15, -0.1) is 0 Å². The number of hydrogen-bond acceptors (Lipinski definition) is 0. The van der Waals surface area contributed by atoms with Crippen molar-refractivity contribution in [1.82, 2.24) is 0 Å². The van der Waals surface area contributed by atoms with Crippen LogP contribution in [0.5, 0.6) is 0 Å². The van der Waals surface area contributed by atoms with Gasteiger partial charge in [0.2, 0.25) is 0 Å². The Morgan fingerprint density at radius 2 is 1.09 bits per heavy atom. The quantitative estimate of drug-likeness (QED) is 0.604. The molecule has 22 heavy (non-hydrogen) atoms. The van der Waals surface area contributed by atoms with Gasteiger partial charge in [0.1, 0.15) is 0 Å². The summed E-state index contributed by atoms with van der Waals surface area (Å²) in [6, 6.07) is 14.0. The van der Waals surface area contributed by atoms with Crippen LogP contribution >= 0.6 is 0 Å². The van der Waals surface area contributed by atoms with Crippen molar-refractivity contribution in [2.75, 3.05) is 0 Å². The van der Waals surface area contributed by atoms with Gasteiger partial charge in [-0.2, -0.15) is 0 Å². The maximum atomic E-state index is 2.43. The monoisotopic (exact) mass is 292 g/mol. The molecular weight excluding hydrogens is 264 g/mol. The van der Waals surface area contributed by atoms with E-state index >= 15 is 0 Å². The Kier molecular flexibility index (Phi) is 4.38. The van der Waals surface area contributed by atoms with Crippen molar-refractivity contribution in [2.45, 2.75) is 65.2 Å². The summed E-state index contributed by atoms with van der Waals surface area (Å²) >= 11 is 0. The lowest BCUT2D eigenvalue weighted by Crippen LogP contribution is -2.12. The second-order valence-electron chi connectivity index (χ2n) is 7.24. The van der Waals surface area contributed by atoms with E-state index in [2.05, 4.69) is 64.1 Å². The summed E-state index contributed by atoms with van der Waals surface area (Å²) in [7, 11) is 0. The fourth-order valence-corrected chi connectivity index (χ4v) is 3.90. The van der Waals surface area contributed by atoms with Gasteiger partial charge in [0.25, 0.3) is 0 Å². The second kappa shape index (κ2) is 6.28. The Hall–Kier alpha value is -1.56. The largest absolute Gasteiger partial charge is 0.0590 e. The molecule has 0 heteroatoms. The van der Waals surface area contributed by atoms with Crippen LogP contribution in [0.15, 0.2) is 36.4 Å². The minimum Gasteiger partial charge on any atom is -0.0590 e. The summed E-state index contributed by atoms with van der Waals surface area (Å²) in [6.45, 7) is 8.92. The first-order valence-electron chi connectivity index (χ1n) is 8.69. The molecule has 0 atom stereocenters. The first-order chi connectivity index (χ1) is 10.5. The van der Waals surface area contributed by atoms with Crippen molar-refractivity contribution in [2.24, 2.45) is 0 Å². The zero-order chi connectivity index (χ0) is 15.7. The highest BCUT2D eigenvalue weighted by Crippen LogP contribution is 2.41.